The van der Waals surface area contributed by atoms with Crippen molar-refractivity contribution in [3.05, 3.63) is 17.8 Å². The summed E-state index contributed by atoms with van der Waals surface area (Å²) in [6, 6.07) is 0.808. The Morgan fingerprint density at radius 3 is 2.54 bits per heavy atom. The third-order valence-electron chi connectivity index (χ3n) is 1.43. The lowest BCUT2D eigenvalue weighted by atomic mass is 10.2. The van der Waals surface area contributed by atoms with Crippen LogP contribution in [0.3, 0.4) is 0 Å². The number of halogens is 3. The molecule has 0 aromatic carbocycles. The third kappa shape index (κ3) is 2.01. The van der Waals surface area contributed by atoms with Crippen LogP contribution in [0, 0.1) is 0 Å². The number of nitrogens with zero attached hydrogens (tertiary/aromatic N) is 1. The van der Waals surface area contributed by atoms with Gasteiger partial charge >= 0.3 is 6.18 Å². The average molecular weight is 192 g/mol. The molecule has 6 heteroatoms. The molecule has 0 bridgehead atoms. The maximum atomic E-state index is 12.2. The van der Waals surface area contributed by atoms with Crippen LogP contribution in [-0.4, -0.2) is 12.1 Å². The average Bonchev–Trinajstić information content (AvgIpc) is 2.03. The molecule has 0 aliphatic heterocycles. The second-order valence-electron chi connectivity index (χ2n) is 2.31. The largest absolute Gasteiger partial charge is 0.495 e. The maximum absolute atomic E-state index is 12.2. The number of methoxy groups -OCH3 is 1. The quantitative estimate of drug-likeness (QED) is 0.736. The number of hydrogen-bond donors (Lipinski definition) is 1. The lowest BCUT2D eigenvalue weighted by Gasteiger charge is -2.09. The first-order chi connectivity index (χ1) is 5.95. The molecule has 2 N–H and O–H groups in total. The Labute approximate surface area is 72.3 Å². The maximum Gasteiger partial charge on any atom is 0.420 e. The summed E-state index contributed by atoms with van der Waals surface area (Å²) in [7, 11) is 1.26. The van der Waals surface area contributed by atoms with Crippen LogP contribution >= 0.6 is 0 Å². The van der Waals surface area contributed by atoms with E-state index in [0.29, 0.717) is 0 Å². The van der Waals surface area contributed by atoms with Gasteiger partial charge in [-0.15, -0.1) is 0 Å². The van der Waals surface area contributed by atoms with E-state index in [1.165, 1.54) is 7.11 Å². The predicted molar refractivity (Wildman–Crippen MR) is 40.2 cm³/mol. The van der Waals surface area contributed by atoms with E-state index in [9.17, 15) is 13.2 Å². The molecule has 0 spiro atoms. The van der Waals surface area contributed by atoms with Crippen LogP contribution in [0.4, 0.5) is 19.0 Å². The smallest absolute Gasteiger partial charge is 0.420 e. The zero-order valence-corrected chi connectivity index (χ0v) is 6.72. The molecule has 0 atom stereocenters. The van der Waals surface area contributed by atoms with Crippen molar-refractivity contribution in [2.75, 3.05) is 12.8 Å². The van der Waals surface area contributed by atoms with Crippen LogP contribution in [0.2, 0.25) is 0 Å². The van der Waals surface area contributed by atoms with Crippen molar-refractivity contribution < 1.29 is 17.9 Å². The zero-order chi connectivity index (χ0) is 10.1. The molecule has 0 amide bonds. The summed E-state index contributed by atoms with van der Waals surface area (Å²) in [4.78, 5) is 3.35. The minimum Gasteiger partial charge on any atom is -0.495 e. The molecule has 0 fully saturated rings. The second-order valence-corrected chi connectivity index (χ2v) is 2.31. The number of hydrogen-bond acceptors (Lipinski definition) is 3. The van der Waals surface area contributed by atoms with Gasteiger partial charge in [-0.3, -0.25) is 0 Å². The number of ether oxygens (including phenoxy) is 1. The van der Waals surface area contributed by atoms with E-state index in [4.69, 9.17) is 5.73 Å². The summed E-state index contributed by atoms with van der Waals surface area (Å²) in [6.07, 6.45) is -3.36. The summed E-state index contributed by atoms with van der Waals surface area (Å²) in [5.74, 6) is -0.519. The van der Waals surface area contributed by atoms with Crippen molar-refractivity contribution in [2.24, 2.45) is 0 Å². The summed E-state index contributed by atoms with van der Waals surface area (Å²) < 4.78 is 41.2. The van der Waals surface area contributed by atoms with E-state index in [2.05, 4.69) is 9.72 Å². The molecule has 72 valence electrons. The first-order valence-electron chi connectivity index (χ1n) is 3.32. The molecule has 1 rings (SSSR count). The summed E-state index contributed by atoms with van der Waals surface area (Å²) in [5.41, 5.74) is 4.06. The first-order valence-corrected chi connectivity index (χ1v) is 3.32. The molecule has 0 unspecified atom stereocenters. The van der Waals surface area contributed by atoms with Crippen LogP contribution in [-0.2, 0) is 6.18 Å². The van der Waals surface area contributed by atoms with Crippen molar-refractivity contribution in [2.45, 2.75) is 6.18 Å². The van der Waals surface area contributed by atoms with Crippen molar-refractivity contribution in [3.63, 3.8) is 0 Å². The Hall–Kier alpha value is -1.46. The topological polar surface area (TPSA) is 48.1 Å². The molecule has 0 aliphatic carbocycles. The normalized spacial score (nSPS) is 11.4. The number of rotatable bonds is 1. The molecule has 1 aromatic heterocycles. The van der Waals surface area contributed by atoms with Gasteiger partial charge in [-0.05, 0) is 6.07 Å². The van der Waals surface area contributed by atoms with E-state index >= 15 is 0 Å². The molecule has 1 aromatic rings. The molecule has 3 nitrogen and oxygen atoms in total. The van der Waals surface area contributed by atoms with Gasteiger partial charge in [-0.1, -0.05) is 0 Å². The van der Waals surface area contributed by atoms with Gasteiger partial charge in [0.1, 0.15) is 17.1 Å². The lowest BCUT2D eigenvalue weighted by molar-refractivity contribution is -0.137. The Kier molecular flexibility index (Phi) is 2.31. The molecule has 0 saturated carbocycles. The van der Waals surface area contributed by atoms with Gasteiger partial charge in [-0.25, -0.2) is 4.98 Å². The van der Waals surface area contributed by atoms with Gasteiger partial charge in [0.2, 0.25) is 0 Å². The van der Waals surface area contributed by atoms with Gasteiger partial charge in [0.05, 0.1) is 13.3 Å². The van der Waals surface area contributed by atoms with Crippen LogP contribution in [0.25, 0.3) is 0 Å². The van der Waals surface area contributed by atoms with E-state index < -0.39 is 17.6 Å². The van der Waals surface area contributed by atoms with Gasteiger partial charge in [0.25, 0.3) is 0 Å². The van der Waals surface area contributed by atoms with E-state index in [1.54, 1.807) is 0 Å². The second kappa shape index (κ2) is 3.12. The van der Waals surface area contributed by atoms with Crippen molar-refractivity contribution in [3.8, 4) is 5.75 Å². The van der Waals surface area contributed by atoms with Crippen LogP contribution in [0.1, 0.15) is 5.56 Å². The number of anilines is 1. The molecule has 1 heterocycles. The van der Waals surface area contributed by atoms with Gasteiger partial charge in [0.15, 0.2) is 0 Å². The molecule has 13 heavy (non-hydrogen) atoms. The van der Waals surface area contributed by atoms with Crippen LogP contribution in [0.5, 0.6) is 5.75 Å². The van der Waals surface area contributed by atoms with E-state index in [1.807, 2.05) is 0 Å². The summed E-state index contributed by atoms with van der Waals surface area (Å²) in [6.45, 7) is 0. The fraction of sp³-hybridized carbons (Fsp3) is 0.286. The highest BCUT2D eigenvalue weighted by Gasteiger charge is 2.34. The number of aromatic nitrogens is 1. The van der Waals surface area contributed by atoms with Crippen molar-refractivity contribution in [1.82, 2.24) is 4.98 Å². The number of alkyl halides is 3. The van der Waals surface area contributed by atoms with Crippen LogP contribution < -0.4 is 10.5 Å². The van der Waals surface area contributed by atoms with Crippen LogP contribution in [0.15, 0.2) is 12.3 Å². The Morgan fingerprint density at radius 2 is 2.08 bits per heavy atom. The molecule has 0 saturated heterocycles. The fourth-order valence-corrected chi connectivity index (χ4v) is 0.795. The summed E-state index contributed by atoms with van der Waals surface area (Å²) in [5, 5.41) is 0. The van der Waals surface area contributed by atoms with Gasteiger partial charge < -0.3 is 10.5 Å². The zero-order valence-electron chi connectivity index (χ0n) is 6.72. The molecule has 0 radical (unpaired) electrons. The number of nitrogens with two attached hydrogens (primary N) is 1. The van der Waals surface area contributed by atoms with E-state index in [-0.39, 0.29) is 5.75 Å². The highest BCUT2D eigenvalue weighted by molar-refractivity contribution is 5.44. The van der Waals surface area contributed by atoms with Crippen molar-refractivity contribution in [1.29, 1.82) is 0 Å². The minimum absolute atomic E-state index is 0.0292. The Balaban J connectivity index is 3.19. The van der Waals surface area contributed by atoms with Gasteiger partial charge in [-0.2, -0.15) is 13.2 Å². The molecule has 0 aliphatic rings. The first kappa shape index (κ1) is 9.63. The van der Waals surface area contributed by atoms with E-state index in [0.717, 1.165) is 12.3 Å². The highest BCUT2D eigenvalue weighted by atomic mass is 19.4. The fourth-order valence-electron chi connectivity index (χ4n) is 0.795. The highest BCUT2D eigenvalue weighted by Crippen LogP contribution is 2.34. The minimum atomic E-state index is -4.49. The standard InChI is InChI=1S/C7H7F3N2O/c1-13-4-2-5(7(8,9)10)6(11)12-3-4/h2-3H,1H3,(H2,11,12). The predicted octanol–water partition coefficient (Wildman–Crippen LogP) is 1.69. The molecular weight excluding hydrogens is 185 g/mol. The Morgan fingerprint density at radius 1 is 1.46 bits per heavy atom. The lowest BCUT2D eigenvalue weighted by Crippen LogP contribution is -2.10. The van der Waals surface area contributed by atoms with Gasteiger partial charge in [0, 0.05) is 0 Å². The number of nitrogen functional groups attached to an aromatic ring is 1. The number of pyridine rings is 1. The SMILES string of the molecule is COc1cnc(N)c(C(F)(F)F)c1. The summed E-state index contributed by atoms with van der Waals surface area (Å²) >= 11 is 0. The Bertz CT molecular complexity index is 311. The molecular formula is C7H7F3N2O. The van der Waals surface area contributed by atoms with Crippen molar-refractivity contribution >= 4 is 5.82 Å². The monoisotopic (exact) mass is 192 g/mol. The third-order valence-corrected chi connectivity index (χ3v) is 1.43.